The highest BCUT2D eigenvalue weighted by Gasteiger charge is 2.40. The first-order valence-corrected chi connectivity index (χ1v) is 10.5. The predicted octanol–water partition coefficient (Wildman–Crippen LogP) is 2.38. The van der Waals surface area contributed by atoms with Gasteiger partial charge in [-0.2, -0.15) is 4.31 Å². The van der Waals surface area contributed by atoms with Crippen molar-refractivity contribution < 1.29 is 17.6 Å². The van der Waals surface area contributed by atoms with E-state index in [4.69, 9.17) is 0 Å². The second-order valence-electron chi connectivity index (χ2n) is 7.16. The molecule has 2 aliphatic heterocycles. The Morgan fingerprint density at radius 3 is 2.40 bits per heavy atom. The van der Waals surface area contributed by atoms with Gasteiger partial charge in [-0.3, -0.25) is 4.79 Å². The Balaban J connectivity index is 1.71. The van der Waals surface area contributed by atoms with Crippen LogP contribution in [0, 0.1) is 11.7 Å². The maximum atomic E-state index is 13.0. The first-order chi connectivity index (χ1) is 11.9. The van der Waals surface area contributed by atoms with E-state index in [-0.39, 0.29) is 11.7 Å². The first kappa shape index (κ1) is 18.3. The van der Waals surface area contributed by atoms with E-state index < -0.39 is 21.9 Å². The molecule has 3 rings (SSSR count). The van der Waals surface area contributed by atoms with E-state index in [0.717, 1.165) is 12.8 Å². The van der Waals surface area contributed by atoms with Gasteiger partial charge in [0.1, 0.15) is 11.9 Å². The summed E-state index contributed by atoms with van der Waals surface area (Å²) in [5.41, 5.74) is 0.534. The van der Waals surface area contributed by atoms with Crippen LogP contribution in [0.25, 0.3) is 0 Å². The van der Waals surface area contributed by atoms with Crippen LogP contribution in [0.5, 0.6) is 0 Å². The number of carbonyl (C=O) groups is 1. The smallest absolute Gasteiger partial charge is 0.241 e. The van der Waals surface area contributed by atoms with Gasteiger partial charge in [-0.05, 0) is 49.3 Å². The number of sulfonamides is 1. The zero-order chi connectivity index (χ0) is 18.0. The van der Waals surface area contributed by atoms with Gasteiger partial charge in [0, 0.05) is 19.6 Å². The van der Waals surface area contributed by atoms with Crippen LogP contribution in [0.4, 0.5) is 4.39 Å². The van der Waals surface area contributed by atoms with Crippen LogP contribution in [0.3, 0.4) is 0 Å². The molecule has 25 heavy (non-hydrogen) atoms. The molecule has 138 valence electrons. The molecule has 1 atom stereocenters. The molecule has 7 heteroatoms. The van der Waals surface area contributed by atoms with Crippen molar-refractivity contribution in [1.29, 1.82) is 0 Å². The standard InChI is InChI=1S/C18H25FN2O3S/c1-14-8-11-20(12-9-14)18(22)17-3-2-10-21(17)25(23,24)13-15-4-6-16(19)7-5-15/h4-7,14,17H,2-3,8-13H2,1H3/t17-/m0/s1. The van der Waals surface area contributed by atoms with Gasteiger partial charge in [0.15, 0.2) is 0 Å². The van der Waals surface area contributed by atoms with Crippen LogP contribution < -0.4 is 0 Å². The van der Waals surface area contributed by atoms with Crippen molar-refractivity contribution in [3.8, 4) is 0 Å². The highest BCUT2D eigenvalue weighted by atomic mass is 32.2. The van der Waals surface area contributed by atoms with Crippen LogP contribution >= 0.6 is 0 Å². The molecule has 5 nitrogen and oxygen atoms in total. The predicted molar refractivity (Wildman–Crippen MR) is 93.7 cm³/mol. The van der Waals surface area contributed by atoms with Crippen LogP contribution in [0.1, 0.15) is 38.2 Å². The van der Waals surface area contributed by atoms with Gasteiger partial charge in [0.25, 0.3) is 0 Å². The van der Waals surface area contributed by atoms with E-state index >= 15 is 0 Å². The summed E-state index contributed by atoms with van der Waals surface area (Å²) < 4.78 is 40.0. The zero-order valence-electron chi connectivity index (χ0n) is 14.5. The van der Waals surface area contributed by atoms with E-state index in [9.17, 15) is 17.6 Å². The second-order valence-corrected chi connectivity index (χ2v) is 9.08. The molecule has 0 N–H and O–H groups in total. The van der Waals surface area contributed by atoms with E-state index in [0.29, 0.717) is 44.0 Å². The minimum Gasteiger partial charge on any atom is -0.341 e. The van der Waals surface area contributed by atoms with Gasteiger partial charge in [-0.15, -0.1) is 0 Å². The summed E-state index contributed by atoms with van der Waals surface area (Å²) in [5, 5.41) is 0. The maximum Gasteiger partial charge on any atom is 0.241 e. The monoisotopic (exact) mass is 368 g/mol. The lowest BCUT2D eigenvalue weighted by Crippen LogP contribution is -2.50. The third kappa shape index (κ3) is 4.20. The summed E-state index contributed by atoms with van der Waals surface area (Å²) in [7, 11) is -3.61. The fraction of sp³-hybridized carbons (Fsp3) is 0.611. The Morgan fingerprint density at radius 1 is 1.12 bits per heavy atom. The van der Waals surface area contributed by atoms with E-state index in [2.05, 4.69) is 6.92 Å². The third-order valence-electron chi connectivity index (χ3n) is 5.20. The average Bonchev–Trinajstić information content (AvgIpc) is 3.07. The summed E-state index contributed by atoms with van der Waals surface area (Å²) in [4.78, 5) is 14.6. The molecule has 0 saturated carbocycles. The van der Waals surface area contributed by atoms with Gasteiger partial charge >= 0.3 is 0 Å². The van der Waals surface area contributed by atoms with Gasteiger partial charge in [0.05, 0.1) is 5.75 Å². The maximum absolute atomic E-state index is 13.0. The van der Waals surface area contributed by atoms with Gasteiger partial charge in [-0.25, -0.2) is 12.8 Å². The number of halogens is 1. The van der Waals surface area contributed by atoms with Crippen molar-refractivity contribution >= 4 is 15.9 Å². The Hall–Kier alpha value is -1.47. The van der Waals surface area contributed by atoms with Crippen LogP contribution in [0.15, 0.2) is 24.3 Å². The number of carbonyl (C=O) groups excluding carboxylic acids is 1. The van der Waals surface area contributed by atoms with E-state index in [1.54, 1.807) is 0 Å². The first-order valence-electron chi connectivity index (χ1n) is 8.89. The fourth-order valence-corrected chi connectivity index (χ4v) is 5.40. The van der Waals surface area contributed by atoms with Gasteiger partial charge in [0.2, 0.25) is 15.9 Å². The molecule has 1 aromatic carbocycles. The van der Waals surface area contributed by atoms with Crippen molar-refractivity contribution in [3.63, 3.8) is 0 Å². The molecule has 2 saturated heterocycles. The summed E-state index contributed by atoms with van der Waals surface area (Å²) in [6, 6.07) is 4.88. The molecule has 1 aromatic rings. The normalized spacial score (nSPS) is 23.1. The summed E-state index contributed by atoms with van der Waals surface area (Å²) in [5.74, 6) is -0.0404. The Kier molecular flexibility index (Phi) is 5.43. The molecular weight excluding hydrogens is 343 g/mol. The lowest BCUT2D eigenvalue weighted by molar-refractivity contribution is -0.135. The van der Waals surface area contributed by atoms with E-state index in [1.807, 2.05) is 4.90 Å². The minimum absolute atomic E-state index is 0.0629. The number of nitrogens with zero attached hydrogens (tertiary/aromatic N) is 2. The highest BCUT2D eigenvalue weighted by molar-refractivity contribution is 7.88. The summed E-state index contributed by atoms with van der Waals surface area (Å²) in [6.07, 6.45) is 3.22. The number of piperidine rings is 1. The fourth-order valence-electron chi connectivity index (χ4n) is 3.63. The lowest BCUT2D eigenvalue weighted by atomic mass is 9.98. The molecular formula is C18H25FN2O3S. The molecule has 1 amide bonds. The van der Waals surface area contributed by atoms with E-state index in [1.165, 1.54) is 28.6 Å². The minimum atomic E-state index is -3.61. The molecule has 0 aliphatic carbocycles. The zero-order valence-corrected chi connectivity index (χ0v) is 15.3. The molecule has 0 radical (unpaired) electrons. The Morgan fingerprint density at radius 2 is 1.76 bits per heavy atom. The van der Waals surface area contributed by atoms with Gasteiger partial charge in [-0.1, -0.05) is 19.1 Å². The summed E-state index contributed by atoms with van der Waals surface area (Å²) in [6.45, 7) is 3.98. The molecule has 2 aliphatic rings. The number of likely N-dealkylation sites (tertiary alicyclic amines) is 1. The molecule has 0 aromatic heterocycles. The topological polar surface area (TPSA) is 57.7 Å². The Bertz CT molecular complexity index is 712. The van der Waals surface area contributed by atoms with Crippen LogP contribution in [-0.2, 0) is 20.6 Å². The lowest BCUT2D eigenvalue weighted by Gasteiger charge is -2.34. The molecule has 0 unspecified atom stereocenters. The number of hydrogen-bond acceptors (Lipinski definition) is 3. The number of amides is 1. The van der Waals surface area contributed by atoms with Crippen molar-refractivity contribution in [2.75, 3.05) is 19.6 Å². The van der Waals surface area contributed by atoms with Crippen LogP contribution in [-0.4, -0.2) is 49.2 Å². The number of benzene rings is 1. The molecule has 2 fully saturated rings. The van der Waals surface area contributed by atoms with Crippen molar-refractivity contribution in [3.05, 3.63) is 35.6 Å². The molecule has 0 bridgehead atoms. The average molecular weight is 368 g/mol. The largest absolute Gasteiger partial charge is 0.341 e. The van der Waals surface area contributed by atoms with Crippen molar-refractivity contribution in [2.45, 2.75) is 44.4 Å². The number of rotatable bonds is 4. The molecule has 2 heterocycles. The number of hydrogen-bond donors (Lipinski definition) is 0. The molecule has 0 spiro atoms. The second kappa shape index (κ2) is 7.41. The highest BCUT2D eigenvalue weighted by Crippen LogP contribution is 2.27. The van der Waals surface area contributed by atoms with Crippen molar-refractivity contribution in [1.82, 2.24) is 9.21 Å². The third-order valence-corrected chi connectivity index (χ3v) is 7.05. The van der Waals surface area contributed by atoms with Crippen LogP contribution in [0.2, 0.25) is 0 Å². The quantitative estimate of drug-likeness (QED) is 0.820. The van der Waals surface area contributed by atoms with Gasteiger partial charge < -0.3 is 4.90 Å². The van der Waals surface area contributed by atoms with Crippen molar-refractivity contribution in [2.24, 2.45) is 5.92 Å². The Labute approximate surface area is 148 Å². The SMILES string of the molecule is CC1CCN(C(=O)[C@@H]2CCCN2S(=O)(=O)Cc2ccc(F)cc2)CC1. The summed E-state index contributed by atoms with van der Waals surface area (Å²) >= 11 is 0.